The summed E-state index contributed by atoms with van der Waals surface area (Å²) >= 11 is 0. The summed E-state index contributed by atoms with van der Waals surface area (Å²) in [5, 5.41) is 2.59. The van der Waals surface area contributed by atoms with Gasteiger partial charge in [0, 0.05) is 13.1 Å². The van der Waals surface area contributed by atoms with Crippen LogP contribution in [-0.2, 0) is 32.4 Å². The lowest BCUT2D eigenvalue weighted by atomic mass is 10.2. The van der Waals surface area contributed by atoms with Crippen LogP contribution < -0.4 is 10.0 Å². The number of amides is 1. The SMILES string of the molecule is O=C(COS(=O)(=O)NCc1ccccc1)NCc1ccccc1. The largest absolute Gasteiger partial charge is 0.350 e. The highest BCUT2D eigenvalue weighted by Gasteiger charge is 2.13. The first-order valence-corrected chi connectivity index (χ1v) is 8.44. The van der Waals surface area contributed by atoms with E-state index < -0.39 is 22.8 Å². The molecule has 2 rings (SSSR count). The van der Waals surface area contributed by atoms with Gasteiger partial charge < -0.3 is 5.32 Å². The highest BCUT2D eigenvalue weighted by Crippen LogP contribution is 2.00. The molecule has 0 fully saturated rings. The van der Waals surface area contributed by atoms with E-state index in [4.69, 9.17) is 0 Å². The molecular formula is C16H18N2O4S. The Hall–Kier alpha value is -2.22. The molecule has 0 unspecified atom stereocenters. The Morgan fingerprint density at radius 1 is 0.870 bits per heavy atom. The molecule has 2 N–H and O–H groups in total. The Labute approximate surface area is 135 Å². The van der Waals surface area contributed by atoms with E-state index in [-0.39, 0.29) is 6.54 Å². The zero-order chi connectivity index (χ0) is 16.5. The molecule has 0 aliphatic heterocycles. The molecule has 0 bridgehead atoms. The van der Waals surface area contributed by atoms with E-state index in [0.29, 0.717) is 6.54 Å². The molecule has 122 valence electrons. The van der Waals surface area contributed by atoms with Crippen LogP contribution in [0, 0.1) is 0 Å². The average molecular weight is 334 g/mol. The second kappa shape index (κ2) is 8.42. The second-order valence-corrected chi connectivity index (χ2v) is 6.22. The quantitative estimate of drug-likeness (QED) is 0.763. The van der Waals surface area contributed by atoms with E-state index in [1.54, 1.807) is 12.1 Å². The van der Waals surface area contributed by atoms with Crippen molar-refractivity contribution in [1.82, 2.24) is 10.0 Å². The first-order chi connectivity index (χ1) is 11.1. The predicted octanol–water partition coefficient (Wildman–Crippen LogP) is 1.35. The number of rotatable bonds is 8. The zero-order valence-electron chi connectivity index (χ0n) is 12.4. The summed E-state index contributed by atoms with van der Waals surface area (Å²) in [6.45, 7) is -0.133. The minimum absolute atomic E-state index is 0.106. The number of hydrogen-bond acceptors (Lipinski definition) is 4. The molecule has 0 aliphatic rings. The number of hydrogen-bond donors (Lipinski definition) is 2. The molecule has 2 aromatic carbocycles. The molecule has 6 nitrogen and oxygen atoms in total. The molecule has 0 aliphatic carbocycles. The molecule has 23 heavy (non-hydrogen) atoms. The van der Waals surface area contributed by atoms with Gasteiger partial charge in [-0.05, 0) is 11.1 Å². The summed E-state index contributed by atoms with van der Waals surface area (Å²) in [6.07, 6.45) is 0. The lowest BCUT2D eigenvalue weighted by Gasteiger charge is -2.08. The maximum absolute atomic E-state index is 11.7. The third kappa shape index (κ3) is 6.60. The van der Waals surface area contributed by atoms with Crippen LogP contribution in [0.2, 0.25) is 0 Å². The fraction of sp³-hybridized carbons (Fsp3) is 0.188. The van der Waals surface area contributed by atoms with Gasteiger partial charge in [-0.15, -0.1) is 0 Å². The van der Waals surface area contributed by atoms with E-state index in [2.05, 4.69) is 14.2 Å². The standard InChI is InChI=1S/C16H18N2O4S/c19-16(17-11-14-7-3-1-4-8-14)13-22-23(20,21)18-12-15-9-5-2-6-10-15/h1-10,18H,11-13H2,(H,17,19). The number of benzene rings is 2. The van der Waals surface area contributed by atoms with Gasteiger partial charge in [-0.2, -0.15) is 13.1 Å². The molecule has 2 aromatic rings. The Morgan fingerprint density at radius 2 is 1.39 bits per heavy atom. The maximum atomic E-state index is 11.7. The van der Waals surface area contributed by atoms with Crippen molar-refractivity contribution in [1.29, 1.82) is 0 Å². The summed E-state index contributed by atoms with van der Waals surface area (Å²) in [7, 11) is -3.97. The van der Waals surface area contributed by atoms with Crippen molar-refractivity contribution in [2.75, 3.05) is 6.61 Å². The van der Waals surface area contributed by atoms with Crippen molar-refractivity contribution >= 4 is 16.2 Å². The van der Waals surface area contributed by atoms with Gasteiger partial charge in [0.1, 0.15) is 6.61 Å². The van der Waals surface area contributed by atoms with E-state index in [1.165, 1.54) is 0 Å². The van der Waals surface area contributed by atoms with Crippen molar-refractivity contribution in [3.05, 3.63) is 71.8 Å². The van der Waals surface area contributed by atoms with Gasteiger partial charge in [-0.1, -0.05) is 60.7 Å². The second-order valence-electron chi connectivity index (χ2n) is 4.79. The molecule has 0 saturated heterocycles. The van der Waals surface area contributed by atoms with Gasteiger partial charge in [-0.25, -0.2) is 4.18 Å². The molecule has 0 heterocycles. The smallest absolute Gasteiger partial charge is 0.336 e. The highest BCUT2D eigenvalue weighted by molar-refractivity contribution is 7.84. The minimum Gasteiger partial charge on any atom is -0.350 e. The molecule has 1 amide bonds. The molecule has 0 atom stereocenters. The van der Waals surface area contributed by atoms with Crippen LogP contribution in [0.15, 0.2) is 60.7 Å². The highest BCUT2D eigenvalue weighted by atomic mass is 32.2. The van der Waals surface area contributed by atoms with Gasteiger partial charge >= 0.3 is 10.3 Å². The molecule has 0 aromatic heterocycles. The fourth-order valence-corrected chi connectivity index (χ4v) is 2.48. The van der Waals surface area contributed by atoms with Crippen LogP contribution in [0.5, 0.6) is 0 Å². The Kier molecular flexibility index (Phi) is 6.28. The topological polar surface area (TPSA) is 84.5 Å². The normalized spacial score (nSPS) is 11.1. The van der Waals surface area contributed by atoms with E-state index in [1.807, 2.05) is 48.5 Å². The molecule has 0 radical (unpaired) electrons. The van der Waals surface area contributed by atoms with Crippen LogP contribution >= 0.6 is 0 Å². The summed E-state index contributed by atoms with van der Waals surface area (Å²) in [5.74, 6) is -0.501. The molecule has 0 saturated carbocycles. The van der Waals surface area contributed by atoms with Crippen LogP contribution in [0.3, 0.4) is 0 Å². The summed E-state index contributed by atoms with van der Waals surface area (Å²) in [6, 6.07) is 18.3. The van der Waals surface area contributed by atoms with Crippen molar-refractivity contribution in [2.24, 2.45) is 0 Å². The molecule has 7 heteroatoms. The fourth-order valence-electron chi connectivity index (χ4n) is 1.79. The Balaban J connectivity index is 1.72. The third-order valence-corrected chi connectivity index (χ3v) is 3.90. The van der Waals surface area contributed by atoms with E-state index >= 15 is 0 Å². The first kappa shape index (κ1) is 17.1. The van der Waals surface area contributed by atoms with Crippen molar-refractivity contribution in [3.63, 3.8) is 0 Å². The third-order valence-electron chi connectivity index (χ3n) is 2.97. The average Bonchev–Trinajstić information content (AvgIpc) is 2.58. The number of carbonyl (C=O) groups is 1. The summed E-state index contributed by atoms with van der Waals surface area (Å²) in [4.78, 5) is 11.6. The van der Waals surface area contributed by atoms with Gasteiger partial charge in [0.25, 0.3) is 0 Å². The number of carbonyl (C=O) groups excluding carboxylic acids is 1. The van der Waals surface area contributed by atoms with Gasteiger partial charge in [-0.3, -0.25) is 4.79 Å². The monoisotopic (exact) mass is 334 g/mol. The summed E-state index contributed by atoms with van der Waals surface area (Å²) in [5.41, 5.74) is 1.72. The predicted molar refractivity (Wildman–Crippen MR) is 86.4 cm³/mol. The van der Waals surface area contributed by atoms with Crippen molar-refractivity contribution in [2.45, 2.75) is 13.1 Å². The minimum atomic E-state index is -3.97. The Morgan fingerprint density at radius 3 is 1.96 bits per heavy atom. The van der Waals surface area contributed by atoms with Crippen molar-refractivity contribution in [3.8, 4) is 0 Å². The Bertz CT molecular complexity index is 718. The molecular weight excluding hydrogens is 316 g/mol. The van der Waals surface area contributed by atoms with Crippen LogP contribution in [0.25, 0.3) is 0 Å². The van der Waals surface area contributed by atoms with E-state index in [0.717, 1.165) is 11.1 Å². The van der Waals surface area contributed by atoms with Gasteiger partial charge in [0.2, 0.25) is 5.91 Å². The van der Waals surface area contributed by atoms with Crippen LogP contribution in [0.1, 0.15) is 11.1 Å². The molecule has 0 spiro atoms. The lowest BCUT2D eigenvalue weighted by molar-refractivity contribution is -0.123. The van der Waals surface area contributed by atoms with Gasteiger partial charge in [0.15, 0.2) is 0 Å². The van der Waals surface area contributed by atoms with Crippen molar-refractivity contribution < 1.29 is 17.4 Å². The zero-order valence-corrected chi connectivity index (χ0v) is 13.3. The summed E-state index contributed by atoms with van der Waals surface area (Å²) < 4.78 is 30.3. The van der Waals surface area contributed by atoms with E-state index in [9.17, 15) is 13.2 Å². The number of nitrogens with one attached hydrogen (secondary N) is 2. The van der Waals surface area contributed by atoms with Gasteiger partial charge in [0.05, 0.1) is 0 Å². The van der Waals surface area contributed by atoms with Crippen LogP contribution in [0.4, 0.5) is 0 Å². The van der Waals surface area contributed by atoms with Crippen LogP contribution in [-0.4, -0.2) is 20.9 Å². The maximum Gasteiger partial charge on any atom is 0.336 e. The first-order valence-electron chi connectivity index (χ1n) is 7.04. The lowest BCUT2D eigenvalue weighted by Crippen LogP contribution is -2.32.